The fourth-order valence-electron chi connectivity index (χ4n) is 2.43. The van der Waals surface area contributed by atoms with Gasteiger partial charge in [0.2, 0.25) is 5.91 Å². The summed E-state index contributed by atoms with van der Waals surface area (Å²) < 4.78 is 5.75. The summed E-state index contributed by atoms with van der Waals surface area (Å²) in [7, 11) is 0. The van der Waals surface area contributed by atoms with Crippen LogP contribution in [0.25, 0.3) is 10.9 Å². The molecule has 3 rings (SSSR count). The molecule has 0 atom stereocenters. The second-order valence-electron chi connectivity index (χ2n) is 5.60. The molecule has 8 nitrogen and oxygen atoms in total. The Morgan fingerprint density at radius 2 is 2.16 bits per heavy atom. The van der Waals surface area contributed by atoms with E-state index in [1.807, 2.05) is 37.3 Å². The third-order valence-corrected chi connectivity index (χ3v) is 3.64. The molecule has 1 aromatic carbocycles. The van der Waals surface area contributed by atoms with E-state index in [0.717, 1.165) is 16.6 Å². The predicted molar refractivity (Wildman–Crippen MR) is 92.5 cm³/mol. The molecule has 0 radical (unpaired) electrons. The van der Waals surface area contributed by atoms with E-state index in [1.165, 1.54) is 0 Å². The average molecular weight is 341 g/mol. The number of hydrogen-bond donors (Lipinski definition) is 3. The van der Waals surface area contributed by atoms with Crippen molar-refractivity contribution in [3.8, 4) is 5.75 Å². The van der Waals surface area contributed by atoms with E-state index in [2.05, 4.69) is 25.5 Å². The molecule has 130 valence electrons. The lowest BCUT2D eigenvalue weighted by molar-refractivity contribution is -0.121. The minimum Gasteiger partial charge on any atom is -0.489 e. The van der Waals surface area contributed by atoms with Crippen LogP contribution < -0.4 is 15.7 Å². The van der Waals surface area contributed by atoms with E-state index in [-0.39, 0.29) is 18.0 Å². The van der Waals surface area contributed by atoms with Crippen molar-refractivity contribution in [2.45, 2.75) is 19.8 Å². The van der Waals surface area contributed by atoms with Crippen molar-refractivity contribution in [3.05, 3.63) is 52.3 Å². The van der Waals surface area contributed by atoms with Gasteiger partial charge in [-0.3, -0.25) is 9.78 Å². The van der Waals surface area contributed by atoms with Gasteiger partial charge in [-0.05, 0) is 19.1 Å². The molecule has 0 unspecified atom stereocenters. The van der Waals surface area contributed by atoms with Crippen LogP contribution in [0.1, 0.15) is 17.9 Å². The Kier molecular flexibility index (Phi) is 5.08. The average Bonchev–Trinajstić information content (AvgIpc) is 3.02. The van der Waals surface area contributed by atoms with Crippen molar-refractivity contribution in [1.82, 2.24) is 25.5 Å². The number of aromatic nitrogens is 4. The van der Waals surface area contributed by atoms with Gasteiger partial charge in [0.25, 0.3) is 0 Å². The second kappa shape index (κ2) is 7.61. The third-order valence-electron chi connectivity index (χ3n) is 3.64. The first-order valence-corrected chi connectivity index (χ1v) is 8.01. The quantitative estimate of drug-likeness (QED) is 0.557. The molecule has 0 aliphatic carbocycles. The zero-order valence-electron chi connectivity index (χ0n) is 13.8. The minimum absolute atomic E-state index is 0.126. The van der Waals surface area contributed by atoms with Crippen molar-refractivity contribution in [2.24, 2.45) is 0 Å². The fraction of sp³-hybridized carbons (Fsp3) is 0.294. The lowest BCUT2D eigenvalue weighted by Gasteiger charge is -2.10. The number of para-hydroxylation sites is 1. The largest absolute Gasteiger partial charge is 0.489 e. The van der Waals surface area contributed by atoms with E-state index in [1.54, 1.807) is 0 Å². The van der Waals surface area contributed by atoms with Crippen LogP contribution in [-0.4, -0.2) is 39.2 Å². The number of carbonyl (C=O) groups excluding carboxylic acids is 1. The molecule has 1 amide bonds. The van der Waals surface area contributed by atoms with E-state index >= 15 is 0 Å². The fourth-order valence-corrected chi connectivity index (χ4v) is 2.43. The van der Waals surface area contributed by atoms with Crippen LogP contribution in [-0.2, 0) is 11.2 Å². The highest BCUT2D eigenvalue weighted by atomic mass is 16.5. The maximum absolute atomic E-state index is 11.8. The summed E-state index contributed by atoms with van der Waals surface area (Å²) in [6.07, 6.45) is 0.619. The number of pyridine rings is 1. The Labute approximate surface area is 143 Å². The van der Waals surface area contributed by atoms with Crippen molar-refractivity contribution in [2.75, 3.05) is 13.2 Å². The summed E-state index contributed by atoms with van der Waals surface area (Å²) in [6.45, 7) is 2.67. The van der Waals surface area contributed by atoms with E-state index in [9.17, 15) is 9.59 Å². The monoisotopic (exact) mass is 341 g/mol. The number of benzene rings is 1. The highest BCUT2D eigenvalue weighted by Gasteiger charge is 2.06. The van der Waals surface area contributed by atoms with Crippen molar-refractivity contribution >= 4 is 16.8 Å². The Morgan fingerprint density at radius 1 is 1.28 bits per heavy atom. The Hall–Kier alpha value is -3.16. The lowest BCUT2D eigenvalue weighted by atomic mass is 10.2. The molecule has 3 aromatic rings. The van der Waals surface area contributed by atoms with Crippen LogP contribution in [0.3, 0.4) is 0 Å². The Morgan fingerprint density at radius 3 is 2.96 bits per heavy atom. The molecular weight excluding hydrogens is 322 g/mol. The first kappa shape index (κ1) is 16.7. The van der Waals surface area contributed by atoms with Gasteiger partial charge in [-0.1, -0.05) is 18.2 Å². The highest BCUT2D eigenvalue weighted by molar-refractivity contribution is 5.84. The molecule has 25 heavy (non-hydrogen) atoms. The molecule has 8 heteroatoms. The summed E-state index contributed by atoms with van der Waals surface area (Å²) in [5.41, 5.74) is 1.37. The molecule has 0 aliphatic heterocycles. The predicted octanol–water partition coefficient (Wildman–Crippen LogP) is 1.08. The summed E-state index contributed by atoms with van der Waals surface area (Å²) in [6, 6.07) is 9.73. The summed E-state index contributed by atoms with van der Waals surface area (Å²) in [5, 5.41) is 9.81. The molecule has 2 heterocycles. The van der Waals surface area contributed by atoms with E-state index in [0.29, 0.717) is 31.1 Å². The van der Waals surface area contributed by atoms with Gasteiger partial charge in [0.15, 0.2) is 0 Å². The van der Waals surface area contributed by atoms with Crippen LogP contribution in [0.2, 0.25) is 0 Å². The van der Waals surface area contributed by atoms with Gasteiger partial charge in [0.1, 0.15) is 23.7 Å². The third kappa shape index (κ3) is 4.43. The molecule has 2 aromatic heterocycles. The Bertz CT molecular complexity index is 931. The van der Waals surface area contributed by atoms with Gasteiger partial charge < -0.3 is 10.1 Å². The molecule has 0 spiro atoms. The normalized spacial score (nSPS) is 10.8. The topological polar surface area (TPSA) is 113 Å². The molecule has 0 bridgehead atoms. The highest BCUT2D eigenvalue weighted by Crippen LogP contribution is 2.23. The number of H-pyrrole nitrogens is 2. The van der Waals surface area contributed by atoms with Crippen LogP contribution in [0.4, 0.5) is 0 Å². The zero-order chi connectivity index (χ0) is 17.6. The van der Waals surface area contributed by atoms with Gasteiger partial charge in [-0.2, -0.15) is 5.10 Å². The first-order valence-electron chi connectivity index (χ1n) is 8.01. The number of nitrogens with one attached hydrogen (secondary N) is 3. The number of rotatable bonds is 7. The molecule has 0 saturated heterocycles. The number of carbonyl (C=O) groups is 1. The number of nitrogens with zero attached hydrogens (tertiary/aromatic N) is 2. The van der Waals surface area contributed by atoms with Crippen molar-refractivity contribution < 1.29 is 9.53 Å². The standard InChI is InChI=1S/C17H19N5O3/c1-11-5-6-12-3-2-4-13(16(12)19-11)25-10-9-18-15(23)8-7-14-20-17(24)22-21-14/h2-6H,7-10H2,1H3,(H,18,23)(H2,20,21,22,24). The molecule has 0 aliphatic rings. The number of aromatic amines is 2. The summed E-state index contributed by atoms with van der Waals surface area (Å²) >= 11 is 0. The van der Waals surface area contributed by atoms with Gasteiger partial charge in [0, 0.05) is 23.9 Å². The van der Waals surface area contributed by atoms with Gasteiger partial charge in [0.05, 0.1) is 6.54 Å². The number of aryl methyl sites for hydroxylation is 2. The minimum atomic E-state index is -0.372. The molecule has 0 saturated carbocycles. The van der Waals surface area contributed by atoms with Gasteiger partial charge in [-0.25, -0.2) is 14.9 Å². The number of hydrogen-bond acceptors (Lipinski definition) is 5. The van der Waals surface area contributed by atoms with E-state index < -0.39 is 0 Å². The maximum Gasteiger partial charge on any atom is 0.340 e. The molecule has 0 fully saturated rings. The maximum atomic E-state index is 11.8. The van der Waals surface area contributed by atoms with Crippen LogP contribution >= 0.6 is 0 Å². The Balaban J connectivity index is 1.46. The lowest BCUT2D eigenvalue weighted by Crippen LogP contribution is -2.28. The number of ether oxygens (including phenoxy) is 1. The van der Waals surface area contributed by atoms with Gasteiger partial charge in [-0.15, -0.1) is 0 Å². The van der Waals surface area contributed by atoms with Gasteiger partial charge >= 0.3 is 5.69 Å². The van der Waals surface area contributed by atoms with Crippen molar-refractivity contribution in [3.63, 3.8) is 0 Å². The zero-order valence-corrected chi connectivity index (χ0v) is 13.8. The summed E-state index contributed by atoms with van der Waals surface area (Å²) in [4.78, 5) is 29.7. The second-order valence-corrected chi connectivity index (χ2v) is 5.60. The van der Waals surface area contributed by atoms with Crippen LogP contribution in [0.15, 0.2) is 35.1 Å². The number of amides is 1. The molecular formula is C17H19N5O3. The van der Waals surface area contributed by atoms with E-state index in [4.69, 9.17) is 4.74 Å². The van der Waals surface area contributed by atoms with Crippen LogP contribution in [0, 0.1) is 6.92 Å². The van der Waals surface area contributed by atoms with Crippen molar-refractivity contribution in [1.29, 1.82) is 0 Å². The van der Waals surface area contributed by atoms with Crippen LogP contribution in [0.5, 0.6) is 5.75 Å². The smallest absolute Gasteiger partial charge is 0.340 e. The number of fused-ring (bicyclic) bond motifs is 1. The first-order chi connectivity index (χ1) is 12.1. The summed E-state index contributed by atoms with van der Waals surface area (Å²) in [5.74, 6) is 1.04. The molecule has 3 N–H and O–H groups in total. The SMILES string of the molecule is Cc1ccc2cccc(OCCNC(=O)CCc3n[nH]c(=O)[nH]3)c2n1.